The summed E-state index contributed by atoms with van der Waals surface area (Å²) in [6.07, 6.45) is -0.518. The van der Waals surface area contributed by atoms with Gasteiger partial charge in [0.15, 0.2) is 0 Å². The lowest BCUT2D eigenvalue weighted by atomic mass is 10.1. The summed E-state index contributed by atoms with van der Waals surface area (Å²) in [7, 11) is 0. The molecule has 0 spiro atoms. The van der Waals surface area contributed by atoms with Crippen LogP contribution in [0.15, 0.2) is 48.5 Å². The minimum absolute atomic E-state index is 0.235. The summed E-state index contributed by atoms with van der Waals surface area (Å²) < 4.78 is 5.17. The summed E-state index contributed by atoms with van der Waals surface area (Å²) in [6, 6.07) is 13.9. The van der Waals surface area contributed by atoms with Gasteiger partial charge in [0.2, 0.25) is 0 Å². The highest BCUT2D eigenvalue weighted by molar-refractivity contribution is 5.94. The normalized spacial score (nSPS) is 11.1. The van der Waals surface area contributed by atoms with Crippen LogP contribution in [0.1, 0.15) is 49.2 Å². The molecule has 1 atom stereocenters. The summed E-state index contributed by atoms with van der Waals surface area (Å²) in [5.74, 6) is 11.2. The number of nitrogens with one attached hydrogen (secondary N) is 2. The molecule has 0 aliphatic rings. The Balaban J connectivity index is 1.85. The van der Waals surface area contributed by atoms with E-state index in [2.05, 4.69) is 34.3 Å². The maximum absolute atomic E-state index is 12.4. The molecule has 160 valence electrons. The number of alkyl carbamates (subject to hydrolysis) is 1. The summed E-state index contributed by atoms with van der Waals surface area (Å²) in [5.41, 5.74) is 7.85. The molecule has 0 fully saturated rings. The Hall–Kier alpha value is -3.90. The van der Waals surface area contributed by atoms with Gasteiger partial charge in [-0.25, -0.2) is 4.79 Å². The molecule has 0 saturated carbocycles. The molecule has 0 heterocycles. The molecule has 2 aromatic carbocycles. The molecule has 0 radical (unpaired) electrons. The first-order valence-corrected chi connectivity index (χ1v) is 9.88. The second-order valence-electron chi connectivity index (χ2n) is 7.96. The van der Waals surface area contributed by atoms with E-state index in [9.17, 15) is 9.59 Å². The summed E-state index contributed by atoms with van der Waals surface area (Å²) in [4.78, 5) is 24.0. The maximum atomic E-state index is 12.4. The topological polar surface area (TPSA) is 93.5 Å². The number of nitrogens with two attached hydrogens (primary N) is 1. The number of anilines is 1. The van der Waals surface area contributed by atoms with E-state index in [0.717, 1.165) is 11.1 Å². The number of carbonyl (C=O) groups is 2. The van der Waals surface area contributed by atoms with Crippen LogP contribution in [0.2, 0.25) is 0 Å². The Kier molecular flexibility index (Phi) is 8.11. The Labute approximate surface area is 183 Å². The number of hydrogen-bond donors (Lipinski definition) is 3. The number of benzene rings is 2. The van der Waals surface area contributed by atoms with Crippen LogP contribution >= 0.6 is 0 Å². The lowest BCUT2D eigenvalue weighted by Gasteiger charge is -2.21. The van der Waals surface area contributed by atoms with Crippen molar-refractivity contribution in [2.75, 3.05) is 12.3 Å². The lowest BCUT2D eigenvalue weighted by Crippen LogP contribution is -2.43. The summed E-state index contributed by atoms with van der Waals surface area (Å²) >= 11 is 0. The zero-order valence-electron chi connectivity index (χ0n) is 18.2. The van der Waals surface area contributed by atoms with Crippen LogP contribution in [-0.4, -0.2) is 30.2 Å². The van der Waals surface area contributed by atoms with Crippen molar-refractivity contribution in [2.45, 2.75) is 39.3 Å². The smallest absolute Gasteiger partial charge is 0.407 e. The van der Waals surface area contributed by atoms with Crippen LogP contribution in [-0.2, 0) is 4.74 Å². The molecule has 0 bridgehead atoms. The van der Waals surface area contributed by atoms with Crippen LogP contribution in [0.3, 0.4) is 0 Å². The summed E-state index contributed by atoms with van der Waals surface area (Å²) in [6.45, 7) is 7.43. The Morgan fingerprint density at radius 1 is 0.968 bits per heavy atom. The van der Waals surface area contributed by atoms with Gasteiger partial charge in [0.05, 0.1) is 0 Å². The molecule has 4 N–H and O–H groups in total. The van der Waals surface area contributed by atoms with Gasteiger partial charge in [-0.1, -0.05) is 11.8 Å². The van der Waals surface area contributed by atoms with Gasteiger partial charge in [-0.2, -0.15) is 0 Å². The van der Waals surface area contributed by atoms with Crippen LogP contribution in [0.4, 0.5) is 10.5 Å². The van der Waals surface area contributed by atoms with Crippen molar-refractivity contribution < 1.29 is 14.3 Å². The quantitative estimate of drug-likeness (QED) is 0.526. The minimum Gasteiger partial charge on any atom is -0.444 e. The fraction of sp³-hybridized carbons (Fsp3) is 0.280. The third-order valence-corrected chi connectivity index (χ3v) is 3.86. The van der Waals surface area contributed by atoms with Crippen LogP contribution < -0.4 is 16.4 Å². The standard InChI is InChI=1S/C25H27N3O3/c1-18(17-27-24(30)31-25(2,3)4)28-23(29)21-13-9-19(10-14-21)7-5-6-8-20-11-15-22(26)16-12-20/h9-16,18H,17,26H2,1-4H3,(H,27,30)(H,28,29)/t18-/m1/s1. The highest BCUT2D eigenvalue weighted by Crippen LogP contribution is 2.07. The lowest BCUT2D eigenvalue weighted by molar-refractivity contribution is 0.0521. The first-order chi connectivity index (χ1) is 14.6. The highest BCUT2D eigenvalue weighted by atomic mass is 16.6. The Morgan fingerprint density at radius 2 is 1.48 bits per heavy atom. The van der Waals surface area contributed by atoms with Crippen molar-refractivity contribution in [1.29, 1.82) is 0 Å². The molecule has 6 heteroatoms. The number of ether oxygens (including phenoxy) is 1. The predicted octanol–water partition coefficient (Wildman–Crippen LogP) is 3.32. The minimum atomic E-state index is -0.567. The Morgan fingerprint density at radius 3 is 2.00 bits per heavy atom. The largest absolute Gasteiger partial charge is 0.444 e. The van der Waals surface area contributed by atoms with Gasteiger partial charge in [-0.3, -0.25) is 4.79 Å². The first kappa shape index (κ1) is 23.4. The van der Waals surface area contributed by atoms with E-state index in [1.807, 2.05) is 12.1 Å². The molecule has 0 aliphatic carbocycles. The number of amides is 2. The molecule has 2 rings (SSSR count). The molecule has 31 heavy (non-hydrogen) atoms. The van der Waals surface area contributed by atoms with Crippen molar-refractivity contribution in [3.8, 4) is 23.7 Å². The van der Waals surface area contributed by atoms with Gasteiger partial charge in [-0.15, -0.1) is 0 Å². The van der Waals surface area contributed by atoms with E-state index in [1.165, 1.54) is 0 Å². The molecular weight excluding hydrogens is 390 g/mol. The molecule has 0 aromatic heterocycles. The number of nitrogen functional groups attached to an aromatic ring is 1. The molecule has 0 saturated heterocycles. The molecule has 2 aromatic rings. The molecule has 0 aliphatic heterocycles. The third kappa shape index (κ3) is 8.97. The first-order valence-electron chi connectivity index (χ1n) is 9.88. The Bertz CT molecular complexity index is 1030. The van der Waals surface area contributed by atoms with Crippen LogP contribution in [0.25, 0.3) is 0 Å². The van der Waals surface area contributed by atoms with Gasteiger partial charge in [0.25, 0.3) is 5.91 Å². The molecule has 0 unspecified atom stereocenters. The van der Waals surface area contributed by atoms with Gasteiger partial charge in [-0.05, 0) is 88.1 Å². The third-order valence-electron chi connectivity index (χ3n) is 3.86. The van der Waals surface area contributed by atoms with E-state index in [1.54, 1.807) is 64.1 Å². The summed E-state index contributed by atoms with van der Waals surface area (Å²) in [5, 5.41) is 5.47. The zero-order chi connectivity index (χ0) is 22.9. The van der Waals surface area contributed by atoms with E-state index in [4.69, 9.17) is 10.5 Å². The fourth-order valence-corrected chi connectivity index (χ4v) is 2.39. The SMILES string of the molecule is C[C@H](CNC(=O)OC(C)(C)C)NC(=O)c1ccc(C#CC#Cc2ccc(N)cc2)cc1. The van der Waals surface area contributed by atoms with Crippen molar-refractivity contribution in [2.24, 2.45) is 0 Å². The fourth-order valence-electron chi connectivity index (χ4n) is 2.39. The predicted molar refractivity (Wildman–Crippen MR) is 122 cm³/mol. The average molecular weight is 418 g/mol. The van der Waals surface area contributed by atoms with Crippen molar-refractivity contribution in [3.05, 3.63) is 65.2 Å². The van der Waals surface area contributed by atoms with Crippen molar-refractivity contribution >= 4 is 17.7 Å². The van der Waals surface area contributed by atoms with E-state index in [-0.39, 0.29) is 18.5 Å². The maximum Gasteiger partial charge on any atom is 0.407 e. The average Bonchev–Trinajstić information content (AvgIpc) is 2.70. The van der Waals surface area contributed by atoms with E-state index < -0.39 is 11.7 Å². The monoisotopic (exact) mass is 417 g/mol. The number of rotatable bonds is 4. The van der Waals surface area contributed by atoms with Gasteiger partial charge in [0.1, 0.15) is 5.60 Å². The van der Waals surface area contributed by atoms with Crippen LogP contribution in [0, 0.1) is 23.7 Å². The molecular formula is C25H27N3O3. The highest BCUT2D eigenvalue weighted by Gasteiger charge is 2.17. The second-order valence-corrected chi connectivity index (χ2v) is 7.96. The van der Waals surface area contributed by atoms with E-state index in [0.29, 0.717) is 11.3 Å². The zero-order valence-corrected chi connectivity index (χ0v) is 18.2. The molecule has 2 amide bonds. The van der Waals surface area contributed by atoms with Gasteiger partial charge < -0.3 is 21.1 Å². The van der Waals surface area contributed by atoms with E-state index >= 15 is 0 Å². The van der Waals surface area contributed by atoms with Crippen LogP contribution in [0.5, 0.6) is 0 Å². The van der Waals surface area contributed by atoms with Crippen molar-refractivity contribution in [3.63, 3.8) is 0 Å². The molecule has 6 nitrogen and oxygen atoms in total. The number of hydrogen-bond acceptors (Lipinski definition) is 4. The van der Waals surface area contributed by atoms with Gasteiger partial charge >= 0.3 is 6.09 Å². The van der Waals surface area contributed by atoms with Gasteiger partial charge in [0, 0.05) is 35.0 Å². The number of carbonyl (C=O) groups excluding carboxylic acids is 2. The second kappa shape index (κ2) is 10.8. The van der Waals surface area contributed by atoms with Crippen molar-refractivity contribution in [1.82, 2.24) is 10.6 Å².